The lowest BCUT2D eigenvalue weighted by Gasteiger charge is -2.05. The van der Waals surface area contributed by atoms with Gasteiger partial charge in [-0.1, -0.05) is 25.5 Å². The van der Waals surface area contributed by atoms with Crippen molar-refractivity contribution in [1.82, 2.24) is 0 Å². The molecule has 0 spiro atoms. The van der Waals surface area contributed by atoms with Gasteiger partial charge in [0.05, 0.1) is 0 Å². The second-order valence-electron chi connectivity index (χ2n) is 2.99. The fourth-order valence-corrected chi connectivity index (χ4v) is 1.27. The number of rotatable bonds is 3. The molecule has 0 aliphatic heterocycles. The molecule has 1 aromatic rings. The SMILES string of the molecule is CCCc1ccc(CN)cc1N. The van der Waals surface area contributed by atoms with E-state index in [1.54, 1.807) is 0 Å². The van der Waals surface area contributed by atoms with Crippen molar-refractivity contribution in [2.75, 3.05) is 5.73 Å². The summed E-state index contributed by atoms with van der Waals surface area (Å²) < 4.78 is 0. The van der Waals surface area contributed by atoms with Crippen LogP contribution in [-0.2, 0) is 13.0 Å². The first-order valence-electron chi connectivity index (χ1n) is 4.35. The molecule has 0 aromatic heterocycles. The average Bonchev–Trinajstić information content (AvgIpc) is 2.09. The van der Waals surface area contributed by atoms with E-state index in [1.807, 2.05) is 12.1 Å². The summed E-state index contributed by atoms with van der Waals surface area (Å²) in [5.41, 5.74) is 14.5. The van der Waals surface area contributed by atoms with E-state index in [1.165, 1.54) is 5.56 Å². The van der Waals surface area contributed by atoms with Crippen molar-refractivity contribution in [2.24, 2.45) is 5.73 Å². The van der Waals surface area contributed by atoms with Gasteiger partial charge in [-0.15, -0.1) is 0 Å². The Morgan fingerprint density at radius 2 is 2.08 bits per heavy atom. The van der Waals surface area contributed by atoms with Crippen LogP contribution in [0.1, 0.15) is 24.5 Å². The van der Waals surface area contributed by atoms with Crippen molar-refractivity contribution in [3.8, 4) is 0 Å². The number of nitrogen functional groups attached to an aromatic ring is 1. The summed E-state index contributed by atoms with van der Waals surface area (Å²) in [4.78, 5) is 0. The van der Waals surface area contributed by atoms with Gasteiger partial charge in [0.15, 0.2) is 0 Å². The van der Waals surface area contributed by atoms with Gasteiger partial charge < -0.3 is 11.5 Å². The number of aryl methyl sites for hydroxylation is 1. The molecule has 66 valence electrons. The van der Waals surface area contributed by atoms with Gasteiger partial charge in [0.25, 0.3) is 0 Å². The van der Waals surface area contributed by atoms with E-state index in [0.29, 0.717) is 6.54 Å². The lowest BCUT2D eigenvalue weighted by Crippen LogP contribution is -2.00. The third-order valence-electron chi connectivity index (χ3n) is 1.97. The number of hydrogen-bond donors (Lipinski definition) is 2. The Morgan fingerprint density at radius 3 is 2.58 bits per heavy atom. The predicted octanol–water partition coefficient (Wildman–Crippen LogP) is 1.68. The Bertz CT molecular complexity index is 256. The summed E-state index contributed by atoms with van der Waals surface area (Å²) in [6.45, 7) is 2.72. The van der Waals surface area contributed by atoms with E-state index in [2.05, 4.69) is 13.0 Å². The number of benzene rings is 1. The molecule has 0 aliphatic rings. The molecule has 0 radical (unpaired) electrons. The monoisotopic (exact) mass is 164 g/mol. The molecule has 2 nitrogen and oxygen atoms in total. The van der Waals surface area contributed by atoms with Crippen LogP contribution in [0.25, 0.3) is 0 Å². The highest BCUT2D eigenvalue weighted by molar-refractivity contribution is 5.49. The van der Waals surface area contributed by atoms with Gasteiger partial charge >= 0.3 is 0 Å². The van der Waals surface area contributed by atoms with Crippen molar-refractivity contribution in [2.45, 2.75) is 26.3 Å². The van der Waals surface area contributed by atoms with Crippen molar-refractivity contribution < 1.29 is 0 Å². The number of anilines is 1. The van der Waals surface area contributed by atoms with Crippen molar-refractivity contribution >= 4 is 5.69 Å². The molecule has 0 heterocycles. The molecular weight excluding hydrogens is 148 g/mol. The van der Waals surface area contributed by atoms with Crippen LogP contribution in [-0.4, -0.2) is 0 Å². The van der Waals surface area contributed by atoms with Crippen LogP contribution >= 0.6 is 0 Å². The molecule has 0 saturated carbocycles. The summed E-state index contributed by atoms with van der Waals surface area (Å²) in [6, 6.07) is 6.08. The van der Waals surface area contributed by atoms with E-state index < -0.39 is 0 Å². The molecule has 0 saturated heterocycles. The lowest BCUT2D eigenvalue weighted by molar-refractivity contribution is 0.922. The van der Waals surface area contributed by atoms with Crippen LogP contribution in [0.5, 0.6) is 0 Å². The maximum Gasteiger partial charge on any atom is 0.0349 e. The van der Waals surface area contributed by atoms with Gasteiger partial charge in [-0.3, -0.25) is 0 Å². The highest BCUT2D eigenvalue weighted by atomic mass is 14.6. The summed E-state index contributed by atoms with van der Waals surface area (Å²) >= 11 is 0. The van der Waals surface area contributed by atoms with E-state index in [4.69, 9.17) is 11.5 Å². The van der Waals surface area contributed by atoms with Crippen molar-refractivity contribution in [3.63, 3.8) is 0 Å². The second kappa shape index (κ2) is 4.12. The Hall–Kier alpha value is -1.02. The Morgan fingerprint density at radius 1 is 1.33 bits per heavy atom. The third-order valence-corrected chi connectivity index (χ3v) is 1.97. The minimum atomic E-state index is 0.566. The first kappa shape index (κ1) is 9.07. The van der Waals surface area contributed by atoms with Crippen LogP contribution in [0.2, 0.25) is 0 Å². The van der Waals surface area contributed by atoms with E-state index in [0.717, 1.165) is 24.1 Å². The van der Waals surface area contributed by atoms with Gasteiger partial charge in [-0.2, -0.15) is 0 Å². The lowest BCUT2D eigenvalue weighted by atomic mass is 10.1. The van der Waals surface area contributed by atoms with Crippen LogP contribution < -0.4 is 11.5 Å². The zero-order valence-electron chi connectivity index (χ0n) is 7.51. The van der Waals surface area contributed by atoms with Crippen molar-refractivity contribution in [3.05, 3.63) is 29.3 Å². The molecule has 0 unspecified atom stereocenters. The Labute approximate surface area is 73.6 Å². The third kappa shape index (κ3) is 1.98. The van der Waals surface area contributed by atoms with Gasteiger partial charge in [-0.25, -0.2) is 0 Å². The Kier molecular flexibility index (Phi) is 3.11. The molecule has 1 rings (SSSR count). The first-order chi connectivity index (χ1) is 5.77. The average molecular weight is 164 g/mol. The fraction of sp³-hybridized carbons (Fsp3) is 0.400. The number of hydrogen-bond acceptors (Lipinski definition) is 2. The summed E-state index contributed by atoms with van der Waals surface area (Å²) in [7, 11) is 0. The molecule has 2 heteroatoms. The van der Waals surface area contributed by atoms with Crippen molar-refractivity contribution in [1.29, 1.82) is 0 Å². The van der Waals surface area contributed by atoms with E-state index in [9.17, 15) is 0 Å². The topological polar surface area (TPSA) is 52.0 Å². The van der Waals surface area contributed by atoms with Crippen LogP contribution in [0.15, 0.2) is 18.2 Å². The quantitative estimate of drug-likeness (QED) is 0.668. The normalized spacial score (nSPS) is 10.2. The summed E-state index contributed by atoms with van der Waals surface area (Å²) in [5, 5.41) is 0. The van der Waals surface area contributed by atoms with E-state index in [-0.39, 0.29) is 0 Å². The molecule has 4 N–H and O–H groups in total. The minimum Gasteiger partial charge on any atom is -0.398 e. The summed E-state index contributed by atoms with van der Waals surface area (Å²) in [6.07, 6.45) is 2.18. The van der Waals surface area contributed by atoms with Crippen LogP contribution in [0.4, 0.5) is 5.69 Å². The molecule has 0 aliphatic carbocycles. The van der Waals surface area contributed by atoms with Crippen LogP contribution in [0, 0.1) is 0 Å². The van der Waals surface area contributed by atoms with Gasteiger partial charge in [0, 0.05) is 12.2 Å². The zero-order valence-corrected chi connectivity index (χ0v) is 7.51. The maximum atomic E-state index is 5.83. The molecule has 0 fully saturated rings. The molecule has 0 amide bonds. The molecule has 0 bridgehead atoms. The highest BCUT2D eigenvalue weighted by Crippen LogP contribution is 2.15. The molecular formula is C10H16N2. The van der Waals surface area contributed by atoms with E-state index >= 15 is 0 Å². The fourth-order valence-electron chi connectivity index (χ4n) is 1.27. The highest BCUT2D eigenvalue weighted by Gasteiger charge is 1.98. The van der Waals surface area contributed by atoms with Crippen LogP contribution in [0.3, 0.4) is 0 Å². The minimum absolute atomic E-state index is 0.566. The predicted molar refractivity (Wildman–Crippen MR) is 52.7 cm³/mol. The summed E-state index contributed by atoms with van der Waals surface area (Å²) in [5.74, 6) is 0. The standard InChI is InChI=1S/C10H16N2/c1-2-3-9-5-4-8(7-11)6-10(9)12/h4-6H,2-3,7,11-12H2,1H3. The first-order valence-corrected chi connectivity index (χ1v) is 4.35. The molecule has 0 atom stereocenters. The largest absolute Gasteiger partial charge is 0.398 e. The van der Waals surface area contributed by atoms with Gasteiger partial charge in [0.1, 0.15) is 0 Å². The zero-order chi connectivity index (χ0) is 8.97. The Balaban J connectivity index is 2.87. The molecule has 1 aromatic carbocycles. The van der Waals surface area contributed by atoms with Gasteiger partial charge in [0.2, 0.25) is 0 Å². The number of nitrogens with two attached hydrogens (primary N) is 2. The van der Waals surface area contributed by atoms with Gasteiger partial charge in [-0.05, 0) is 23.6 Å². The maximum absolute atomic E-state index is 5.83. The second-order valence-corrected chi connectivity index (χ2v) is 2.99. The smallest absolute Gasteiger partial charge is 0.0349 e. The molecule has 12 heavy (non-hydrogen) atoms.